The van der Waals surface area contributed by atoms with E-state index in [1.54, 1.807) is 10.9 Å². The van der Waals surface area contributed by atoms with Crippen LogP contribution in [0.4, 0.5) is 8.78 Å². The Bertz CT molecular complexity index is 1220. The number of hydrogen-bond donors (Lipinski definition) is 0. The van der Waals surface area contributed by atoms with Crippen LogP contribution in [0.5, 0.6) is 0 Å². The van der Waals surface area contributed by atoms with Gasteiger partial charge in [0, 0.05) is 55.5 Å². The Balaban J connectivity index is 1.59. The number of hydrogen-bond acceptors (Lipinski definition) is 5. The van der Waals surface area contributed by atoms with Crippen molar-refractivity contribution in [1.82, 2.24) is 29.7 Å². The van der Waals surface area contributed by atoms with Crippen LogP contribution >= 0.6 is 0 Å². The summed E-state index contributed by atoms with van der Waals surface area (Å²) in [6.07, 6.45) is 6.33. The molecule has 162 valence electrons. The van der Waals surface area contributed by atoms with Gasteiger partial charge >= 0.3 is 0 Å². The molecule has 0 atom stereocenters. The molecule has 0 amide bonds. The van der Waals surface area contributed by atoms with E-state index in [0.717, 1.165) is 44.9 Å². The van der Waals surface area contributed by atoms with Crippen LogP contribution in [0.15, 0.2) is 29.2 Å². The Morgan fingerprint density at radius 1 is 1.16 bits per heavy atom. The first-order chi connectivity index (χ1) is 14.8. The van der Waals surface area contributed by atoms with Gasteiger partial charge in [-0.15, -0.1) is 0 Å². The zero-order valence-electron chi connectivity index (χ0n) is 17.8. The molecule has 0 bridgehead atoms. The van der Waals surface area contributed by atoms with E-state index in [9.17, 15) is 8.78 Å². The van der Waals surface area contributed by atoms with Crippen LogP contribution in [0, 0.1) is 19.8 Å². The van der Waals surface area contributed by atoms with Crippen LogP contribution in [-0.4, -0.2) is 35.6 Å². The third kappa shape index (κ3) is 3.62. The predicted molar refractivity (Wildman–Crippen MR) is 112 cm³/mol. The largest absolute Gasteiger partial charge is 0.361 e. The molecule has 4 aromatic heterocycles. The van der Waals surface area contributed by atoms with Crippen LogP contribution in [0.2, 0.25) is 0 Å². The zero-order valence-corrected chi connectivity index (χ0v) is 17.8. The van der Waals surface area contributed by atoms with Gasteiger partial charge in [0.05, 0.1) is 17.4 Å². The number of nitrogens with zero attached hydrogens (tertiary/aromatic N) is 6. The van der Waals surface area contributed by atoms with Gasteiger partial charge in [0.25, 0.3) is 0 Å². The van der Waals surface area contributed by atoms with Crippen molar-refractivity contribution in [3.05, 3.63) is 36.1 Å². The lowest BCUT2D eigenvalue weighted by molar-refractivity contribution is -0.0475. The minimum Gasteiger partial charge on any atom is -0.361 e. The lowest BCUT2D eigenvalue weighted by Gasteiger charge is -2.28. The van der Waals surface area contributed by atoms with Gasteiger partial charge in [-0.25, -0.2) is 8.78 Å². The molecule has 0 radical (unpaired) electrons. The van der Waals surface area contributed by atoms with Crippen molar-refractivity contribution in [2.24, 2.45) is 13.0 Å². The topological polar surface area (TPSA) is 74.6 Å². The molecule has 1 aliphatic carbocycles. The molecule has 0 N–H and O–H groups in total. The molecular formula is C22H24F2N6O. The molecule has 0 aliphatic heterocycles. The summed E-state index contributed by atoms with van der Waals surface area (Å²) in [5.41, 5.74) is 5.87. The predicted octanol–water partition coefficient (Wildman–Crippen LogP) is 4.93. The van der Waals surface area contributed by atoms with Crippen LogP contribution < -0.4 is 0 Å². The minimum atomic E-state index is -2.54. The number of aryl methyl sites for hydroxylation is 3. The number of aromatic nitrogens is 6. The maximum Gasteiger partial charge on any atom is 0.248 e. The molecule has 0 spiro atoms. The standard InChI is InChI=1S/C22H24F2N6O/c1-13-19(14(2)31-28-13)16-8-18-21(25-9-16)20(17-10-26-29(3)12-17)27-30(18)11-15-4-6-22(23,24)7-5-15/h8-10,12,15H,4-7,11H2,1-3H3. The highest BCUT2D eigenvalue weighted by atomic mass is 19.3. The van der Waals surface area contributed by atoms with Crippen molar-refractivity contribution < 1.29 is 13.3 Å². The molecule has 0 unspecified atom stereocenters. The second-order valence-corrected chi connectivity index (χ2v) is 8.52. The van der Waals surface area contributed by atoms with Crippen molar-refractivity contribution in [3.8, 4) is 22.4 Å². The van der Waals surface area contributed by atoms with Gasteiger partial charge in [-0.1, -0.05) is 5.16 Å². The van der Waals surface area contributed by atoms with Crippen molar-refractivity contribution in [3.63, 3.8) is 0 Å². The molecular weight excluding hydrogens is 402 g/mol. The third-order valence-corrected chi connectivity index (χ3v) is 6.16. The van der Waals surface area contributed by atoms with Crippen LogP contribution in [-0.2, 0) is 13.6 Å². The van der Waals surface area contributed by atoms with Gasteiger partial charge in [-0.3, -0.25) is 14.3 Å². The number of alkyl halides is 2. The van der Waals surface area contributed by atoms with Crippen molar-refractivity contribution in [2.75, 3.05) is 0 Å². The van der Waals surface area contributed by atoms with Gasteiger partial charge in [-0.2, -0.15) is 10.2 Å². The molecule has 1 fully saturated rings. The van der Waals surface area contributed by atoms with E-state index in [1.165, 1.54) is 0 Å². The monoisotopic (exact) mass is 426 g/mol. The summed E-state index contributed by atoms with van der Waals surface area (Å²) in [4.78, 5) is 4.73. The molecule has 0 saturated heterocycles. The Kier molecular flexibility index (Phi) is 4.64. The summed E-state index contributed by atoms with van der Waals surface area (Å²) in [6.45, 7) is 4.36. The number of halogens is 2. The molecule has 0 aromatic carbocycles. The van der Waals surface area contributed by atoms with Crippen LogP contribution in [0.3, 0.4) is 0 Å². The second kappa shape index (κ2) is 7.25. The molecule has 9 heteroatoms. The minimum absolute atomic E-state index is 0.0606. The first-order valence-corrected chi connectivity index (χ1v) is 10.5. The van der Waals surface area contributed by atoms with Crippen LogP contribution in [0.1, 0.15) is 37.1 Å². The molecule has 1 saturated carbocycles. The first kappa shape index (κ1) is 19.8. The summed E-state index contributed by atoms with van der Waals surface area (Å²) in [5, 5.41) is 13.2. The van der Waals surface area contributed by atoms with E-state index >= 15 is 0 Å². The Hall–Kier alpha value is -3.10. The highest BCUT2D eigenvalue weighted by Gasteiger charge is 2.35. The van der Waals surface area contributed by atoms with Gasteiger partial charge in [0.15, 0.2) is 0 Å². The molecule has 1 aliphatic rings. The summed E-state index contributed by atoms with van der Waals surface area (Å²) in [5.74, 6) is -1.65. The van der Waals surface area contributed by atoms with E-state index in [4.69, 9.17) is 14.6 Å². The van der Waals surface area contributed by atoms with E-state index in [0.29, 0.717) is 19.4 Å². The lowest BCUT2D eigenvalue weighted by Crippen LogP contribution is -2.27. The average molecular weight is 426 g/mol. The summed E-state index contributed by atoms with van der Waals surface area (Å²) < 4.78 is 36.2. The lowest BCUT2D eigenvalue weighted by atomic mass is 9.87. The number of fused-ring (bicyclic) bond motifs is 1. The normalized spacial score (nSPS) is 16.9. The van der Waals surface area contributed by atoms with Gasteiger partial charge in [0.1, 0.15) is 17.0 Å². The molecule has 4 heterocycles. The van der Waals surface area contributed by atoms with E-state index in [-0.39, 0.29) is 18.8 Å². The van der Waals surface area contributed by atoms with E-state index in [1.807, 2.05) is 44.0 Å². The quantitative estimate of drug-likeness (QED) is 0.463. The second-order valence-electron chi connectivity index (χ2n) is 8.52. The number of rotatable bonds is 4. The van der Waals surface area contributed by atoms with Gasteiger partial charge < -0.3 is 4.52 Å². The number of pyridine rings is 1. The van der Waals surface area contributed by atoms with Crippen molar-refractivity contribution in [1.29, 1.82) is 0 Å². The van der Waals surface area contributed by atoms with Crippen molar-refractivity contribution in [2.45, 2.75) is 52.0 Å². The zero-order chi connectivity index (χ0) is 21.8. The van der Waals surface area contributed by atoms with Crippen molar-refractivity contribution >= 4 is 11.0 Å². The summed E-state index contributed by atoms with van der Waals surface area (Å²) in [7, 11) is 1.86. The Labute approximate surface area is 178 Å². The Morgan fingerprint density at radius 2 is 1.94 bits per heavy atom. The average Bonchev–Trinajstić information content (AvgIpc) is 3.41. The molecule has 31 heavy (non-hydrogen) atoms. The highest BCUT2D eigenvalue weighted by molar-refractivity contribution is 5.92. The van der Waals surface area contributed by atoms with Crippen LogP contribution in [0.25, 0.3) is 33.4 Å². The highest BCUT2D eigenvalue weighted by Crippen LogP contribution is 2.38. The smallest absolute Gasteiger partial charge is 0.248 e. The maximum absolute atomic E-state index is 13.6. The summed E-state index contributed by atoms with van der Waals surface area (Å²) >= 11 is 0. The summed E-state index contributed by atoms with van der Waals surface area (Å²) in [6, 6.07) is 2.04. The maximum atomic E-state index is 13.6. The van der Waals surface area contributed by atoms with E-state index in [2.05, 4.69) is 10.3 Å². The van der Waals surface area contributed by atoms with E-state index < -0.39 is 5.92 Å². The van der Waals surface area contributed by atoms with Gasteiger partial charge in [-0.05, 0) is 38.7 Å². The fourth-order valence-corrected chi connectivity index (χ4v) is 4.49. The SMILES string of the molecule is Cc1noc(C)c1-c1cnc2c(-c3cnn(C)c3)nn(CC3CCC(F)(F)CC3)c2c1. The fraction of sp³-hybridized carbons (Fsp3) is 0.455. The van der Waals surface area contributed by atoms with Gasteiger partial charge in [0.2, 0.25) is 5.92 Å². The fourth-order valence-electron chi connectivity index (χ4n) is 4.49. The molecule has 5 rings (SSSR count). The molecule has 7 nitrogen and oxygen atoms in total. The third-order valence-electron chi connectivity index (χ3n) is 6.16. The molecule has 4 aromatic rings. The Morgan fingerprint density at radius 3 is 2.58 bits per heavy atom. The first-order valence-electron chi connectivity index (χ1n) is 10.5.